The fourth-order valence-corrected chi connectivity index (χ4v) is 3.90. The SMILES string of the molecule is C/C=C(/Cc1ccc(O)cc1)Cc1cc(C)c(CCC)cc1C.CCc1ccc(Cl)cc1.NC=O. The van der Waals surface area contributed by atoms with Crippen molar-refractivity contribution < 1.29 is 9.90 Å². The molecular weight excluding hydrogens is 454 g/mol. The third-order valence-corrected chi connectivity index (χ3v) is 6.08. The number of carbonyl (C=O) groups excluding carboxylic acids is 1. The van der Waals surface area contributed by atoms with Gasteiger partial charge in [0.25, 0.3) is 0 Å². The molecule has 3 rings (SSSR count). The van der Waals surface area contributed by atoms with Crippen molar-refractivity contribution in [2.24, 2.45) is 5.73 Å². The first kappa shape index (κ1) is 30.0. The number of hydrogen-bond donors (Lipinski definition) is 2. The molecule has 0 radical (unpaired) electrons. The summed E-state index contributed by atoms with van der Waals surface area (Å²) in [5.41, 5.74) is 13.9. The molecule has 0 unspecified atom stereocenters. The number of aromatic hydroxyl groups is 1. The molecule has 1 amide bonds. The van der Waals surface area contributed by atoms with Crippen molar-refractivity contribution in [1.29, 1.82) is 0 Å². The first-order chi connectivity index (χ1) is 16.8. The summed E-state index contributed by atoms with van der Waals surface area (Å²) in [7, 11) is 0. The highest BCUT2D eigenvalue weighted by molar-refractivity contribution is 6.30. The van der Waals surface area contributed by atoms with Gasteiger partial charge in [-0.1, -0.05) is 79.9 Å². The second-order valence-corrected chi connectivity index (χ2v) is 8.97. The molecule has 0 aromatic heterocycles. The Morgan fingerprint density at radius 1 is 0.886 bits per heavy atom. The topological polar surface area (TPSA) is 63.3 Å². The largest absolute Gasteiger partial charge is 0.508 e. The van der Waals surface area contributed by atoms with Crippen LogP contribution in [-0.2, 0) is 30.5 Å². The van der Waals surface area contributed by atoms with Crippen LogP contribution in [0.25, 0.3) is 0 Å². The number of phenolic OH excluding ortho intramolecular Hbond substituents is 1. The van der Waals surface area contributed by atoms with E-state index in [1.807, 2.05) is 36.4 Å². The summed E-state index contributed by atoms with van der Waals surface area (Å²) in [6.45, 7) is 10.9. The number of allylic oxidation sites excluding steroid dienone is 2. The van der Waals surface area contributed by atoms with E-state index in [1.165, 1.54) is 45.4 Å². The molecule has 0 atom stereocenters. The van der Waals surface area contributed by atoms with Crippen molar-refractivity contribution in [3.63, 3.8) is 0 Å². The predicted octanol–water partition coefficient (Wildman–Crippen LogP) is 7.70. The number of aryl methyl sites for hydroxylation is 4. The van der Waals surface area contributed by atoms with E-state index in [9.17, 15) is 5.11 Å². The van der Waals surface area contributed by atoms with Gasteiger partial charge >= 0.3 is 0 Å². The lowest BCUT2D eigenvalue weighted by Crippen LogP contribution is -2.00. The number of phenols is 1. The van der Waals surface area contributed by atoms with Crippen molar-refractivity contribution >= 4 is 18.0 Å². The van der Waals surface area contributed by atoms with Gasteiger partial charge in [-0.3, -0.25) is 4.79 Å². The molecule has 0 fully saturated rings. The van der Waals surface area contributed by atoms with Gasteiger partial charge in [0.15, 0.2) is 0 Å². The maximum absolute atomic E-state index is 9.41. The Kier molecular flexibility index (Phi) is 14.2. The lowest BCUT2D eigenvalue weighted by Gasteiger charge is -2.14. The van der Waals surface area contributed by atoms with Gasteiger partial charge in [-0.2, -0.15) is 0 Å². The van der Waals surface area contributed by atoms with Gasteiger partial charge in [-0.05, 0) is 104 Å². The number of halogens is 1. The smallest absolute Gasteiger partial charge is 0.204 e. The Hall–Kier alpha value is -3.04. The number of rotatable bonds is 7. The molecule has 188 valence electrons. The highest BCUT2D eigenvalue weighted by atomic mass is 35.5. The van der Waals surface area contributed by atoms with Gasteiger partial charge < -0.3 is 10.8 Å². The first-order valence-corrected chi connectivity index (χ1v) is 12.6. The molecule has 3 aromatic rings. The number of primary amides is 1. The molecule has 3 N–H and O–H groups in total. The predicted molar refractivity (Wildman–Crippen MR) is 150 cm³/mol. The summed E-state index contributed by atoms with van der Waals surface area (Å²) in [6, 6.07) is 20.2. The Labute approximate surface area is 216 Å². The first-order valence-electron chi connectivity index (χ1n) is 12.2. The Morgan fingerprint density at radius 3 is 1.91 bits per heavy atom. The van der Waals surface area contributed by atoms with Crippen molar-refractivity contribution in [3.05, 3.63) is 111 Å². The molecule has 0 heterocycles. The second kappa shape index (κ2) is 16.6. The van der Waals surface area contributed by atoms with Gasteiger partial charge in [0, 0.05) is 5.02 Å². The third kappa shape index (κ3) is 11.3. The van der Waals surface area contributed by atoms with E-state index in [4.69, 9.17) is 16.4 Å². The molecule has 0 bridgehead atoms. The van der Waals surface area contributed by atoms with Gasteiger partial charge in [0.1, 0.15) is 5.75 Å². The minimum absolute atomic E-state index is 0.250. The quantitative estimate of drug-likeness (QED) is 0.261. The van der Waals surface area contributed by atoms with E-state index >= 15 is 0 Å². The zero-order chi connectivity index (χ0) is 26.2. The number of hydrogen-bond acceptors (Lipinski definition) is 2. The van der Waals surface area contributed by atoms with Crippen molar-refractivity contribution in [3.8, 4) is 5.75 Å². The Morgan fingerprint density at radius 2 is 1.40 bits per heavy atom. The average molecular weight is 494 g/mol. The van der Waals surface area contributed by atoms with Crippen molar-refractivity contribution in [1.82, 2.24) is 0 Å². The Balaban J connectivity index is 0.000000422. The van der Waals surface area contributed by atoms with Crippen LogP contribution in [0.3, 0.4) is 0 Å². The summed E-state index contributed by atoms with van der Waals surface area (Å²) in [5.74, 6) is 0.328. The summed E-state index contributed by atoms with van der Waals surface area (Å²) in [5, 5.41) is 10.2. The lowest BCUT2D eigenvalue weighted by atomic mass is 9.91. The highest BCUT2D eigenvalue weighted by Crippen LogP contribution is 2.22. The zero-order valence-corrected chi connectivity index (χ0v) is 22.5. The number of benzene rings is 3. The molecule has 0 saturated heterocycles. The van der Waals surface area contributed by atoms with Crippen LogP contribution in [0, 0.1) is 13.8 Å². The van der Waals surface area contributed by atoms with Crippen LogP contribution in [0.5, 0.6) is 5.75 Å². The van der Waals surface area contributed by atoms with Crippen molar-refractivity contribution in [2.45, 2.75) is 66.7 Å². The molecule has 35 heavy (non-hydrogen) atoms. The number of nitrogens with two attached hydrogens (primary N) is 1. The fourth-order valence-electron chi connectivity index (χ4n) is 3.77. The lowest BCUT2D eigenvalue weighted by molar-refractivity contribution is -0.106. The van der Waals surface area contributed by atoms with Crippen LogP contribution >= 0.6 is 11.6 Å². The van der Waals surface area contributed by atoms with Crippen LogP contribution in [-0.4, -0.2) is 11.5 Å². The summed E-state index contributed by atoms with van der Waals surface area (Å²) < 4.78 is 0. The molecule has 3 nitrogen and oxygen atoms in total. The number of amides is 1. The molecule has 3 aromatic carbocycles. The standard InChI is InChI=1S/C22H28O.C8H9Cl.CH3NO/c1-5-7-20-12-17(4)21(13-16(20)3)15-18(6-2)14-19-8-10-22(23)11-9-19;1-2-7-3-5-8(9)6-4-7;2-1-3/h6,8-13,23H,5,7,14-15H2,1-4H3;3-6H,2H2,1H3;1H,(H2,2,3)/b18-6-;;. The van der Waals surface area contributed by atoms with E-state index < -0.39 is 0 Å². The molecule has 0 spiro atoms. The zero-order valence-electron chi connectivity index (χ0n) is 21.8. The average Bonchev–Trinajstić information content (AvgIpc) is 2.84. The fraction of sp³-hybridized carbons (Fsp3) is 0.323. The second-order valence-electron chi connectivity index (χ2n) is 8.54. The molecule has 0 aliphatic carbocycles. The molecule has 0 saturated carbocycles. The maximum atomic E-state index is 9.41. The maximum Gasteiger partial charge on any atom is 0.204 e. The van der Waals surface area contributed by atoms with Crippen LogP contribution in [0.1, 0.15) is 60.6 Å². The van der Waals surface area contributed by atoms with Gasteiger partial charge in [0.2, 0.25) is 6.41 Å². The highest BCUT2D eigenvalue weighted by Gasteiger charge is 2.07. The minimum Gasteiger partial charge on any atom is -0.508 e. The molecule has 0 aliphatic rings. The normalized spacial score (nSPS) is 10.5. The van der Waals surface area contributed by atoms with E-state index in [1.54, 1.807) is 12.1 Å². The molecule has 0 aliphatic heterocycles. The Bertz CT molecular complexity index is 1050. The molecular formula is C31H40ClNO2. The van der Waals surface area contributed by atoms with Gasteiger partial charge in [-0.25, -0.2) is 0 Å². The van der Waals surface area contributed by atoms with Crippen LogP contribution in [0.2, 0.25) is 5.02 Å². The monoisotopic (exact) mass is 493 g/mol. The van der Waals surface area contributed by atoms with Crippen LogP contribution in [0.4, 0.5) is 0 Å². The van der Waals surface area contributed by atoms with Gasteiger partial charge in [0.05, 0.1) is 0 Å². The van der Waals surface area contributed by atoms with Crippen molar-refractivity contribution in [2.75, 3.05) is 0 Å². The summed E-state index contributed by atoms with van der Waals surface area (Å²) in [6.07, 6.45) is 7.85. The third-order valence-electron chi connectivity index (χ3n) is 5.83. The van der Waals surface area contributed by atoms with E-state index in [-0.39, 0.29) is 6.41 Å². The summed E-state index contributed by atoms with van der Waals surface area (Å²) in [4.78, 5) is 8.58. The van der Waals surface area contributed by atoms with Crippen LogP contribution < -0.4 is 5.73 Å². The minimum atomic E-state index is 0.250. The molecule has 4 heteroatoms. The van der Waals surface area contributed by atoms with Crippen LogP contribution in [0.15, 0.2) is 72.3 Å². The van der Waals surface area contributed by atoms with E-state index in [0.29, 0.717) is 5.75 Å². The van der Waals surface area contributed by atoms with E-state index in [2.05, 4.69) is 58.6 Å². The van der Waals surface area contributed by atoms with E-state index in [0.717, 1.165) is 30.7 Å². The number of carbonyl (C=O) groups is 1. The summed E-state index contributed by atoms with van der Waals surface area (Å²) >= 11 is 5.67. The van der Waals surface area contributed by atoms with Gasteiger partial charge in [-0.15, -0.1) is 0 Å².